The van der Waals surface area contributed by atoms with Crippen LogP contribution in [0.5, 0.6) is 0 Å². The van der Waals surface area contributed by atoms with E-state index in [9.17, 15) is 8.42 Å². The van der Waals surface area contributed by atoms with E-state index in [1.807, 2.05) is 30.3 Å². The van der Waals surface area contributed by atoms with Gasteiger partial charge in [-0.05, 0) is 48.2 Å². The number of nitrogens with one attached hydrogen (secondary N) is 1. The highest BCUT2D eigenvalue weighted by atomic mass is 35.5. The van der Waals surface area contributed by atoms with Crippen LogP contribution in [-0.2, 0) is 10.0 Å². The maximum absolute atomic E-state index is 13.4. The maximum Gasteiger partial charge on any atom is 0.241 e. The highest BCUT2D eigenvalue weighted by Gasteiger charge is 2.44. The van der Waals surface area contributed by atoms with Gasteiger partial charge < -0.3 is 0 Å². The van der Waals surface area contributed by atoms with Crippen LogP contribution in [0, 0.1) is 0 Å². The Balaban J connectivity index is 1.82. The van der Waals surface area contributed by atoms with Gasteiger partial charge in [0.15, 0.2) is 4.33 Å². The molecule has 3 aromatic rings. The van der Waals surface area contributed by atoms with E-state index in [4.69, 9.17) is 39.8 Å². The molecule has 0 bridgehead atoms. The number of hydrogen-bond donors (Lipinski definition) is 1. The number of nitrogens with zero attached hydrogens (tertiary/aromatic N) is 1. The lowest BCUT2D eigenvalue weighted by Crippen LogP contribution is -2.45. The Hall–Kier alpha value is -1.89. The summed E-state index contributed by atoms with van der Waals surface area (Å²) >= 11 is 20.4. The van der Waals surface area contributed by atoms with Crippen LogP contribution in [0.1, 0.15) is 49.3 Å². The van der Waals surface area contributed by atoms with Crippen molar-refractivity contribution in [3.05, 3.63) is 101 Å². The van der Waals surface area contributed by atoms with E-state index in [-0.39, 0.29) is 10.9 Å². The molecular weight excluding hydrogens is 523 g/mol. The zero-order valence-electron chi connectivity index (χ0n) is 19.1. The first-order chi connectivity index (χ1) is 16.8. The second-order valence-electron chi connectivity index (χ2n) is 8.68. The van der Waals surface area contributed by atoms with Crippen molar-refractivity contribution in [1.82, 2.24) is 4.72 Å². The molecule has 0 saturated heterocycles. The number of hydrogen-bond acceptors (Lipinski definition) is 3. The molecule has 0 aromatic heterocycles. The molecule has 4 rings (SSSR count). The molecule has 1 aliphatic carbocycles. The minimum atomic E-state index is -3.96. The molecule has 1 N–H and O–H groups in total. The Morgan fingerprint density at radius 2 is 1.43 bits per heavy atom. The molecule has 0 amide bonds. The Morgan fingerprint density at radius 3 is 2.03 bits per heavy atom. The van der Waals surface area contributed by atoms with Gasteiger partial charge in [-0.1, -0.05) is 115 Å². The minimum absolute atomic E-state index is 0.0763. The SMILES string of the molecule is O=S(=O)(NC(c1ccc(Cl)cc1)C(Cl)(Cl)C(=NC1CCCCC1)c1ccccc1)c1ccccc1. The second kappa shape index (κ2) is 11.4. The van der Waals surface area contributed by atoms with Crippen molar-refractivity contribution in [1.29, 1.82) is 0 Å². The summed E-state index contributed by atoms with van der Waals surface area (Å²) in [5, 5.41) is 0.521. The van der Waals surface area contributed by atoms with Crippen molar-refractivity contribution in [2.24, 2.45) is 4.99 Å². The molecule has 0 aliphatic heterocycles. The van der Waals surface area contributed by atoms with Gasteiger partial charge in [0.25, 0.3) is 0 Å². The average Bonchev–Trinajstić information content (AvgIpc) is 2.88. The Labute approximate surface area is 222 Å². The molecule has 1 unspecified atom stereocenters. The van der Waals surface area contributed by atoms with Crippen LogP contribution in [0.15, 0.2) is 94.8 Å². The fourth-order valence-corrected chi connectivity index (χ4v) is 6.51. The predicted molar refractivity (Wildman–Crippen MR) is 145 cm³/mol. The van der Waals surface area contributed by atoms with Crippen molar-refractivity contribution >= 4 is 50.5 Å². The average molecular weight is 550 g/mol. The number of halogens is 3. The van der Waals surface area contributed by atoms with E-state index in [1.165, 1.54) is 18.6 Å². The highest BCUT2D eigenvalue weighted by Crippen LogP contribution is 2.41. The van der Waals surface area contributed by atoms with Gasteiger partial charge in [0.1, 0.15) is 0 Å². The topological polar surface area (TPSA) is 58.5 Å². The van der Waals surface area contributed by atoms with Gasteiger partial charge in [-0.15, -0.1) is 0 Å². The van der Waals surface area contributed by atoms with Crippen LogP contribution >= 0.6 is 34.8 Å². The fourth-order valence-electron chi connectivity index (χ4n) is 4.31. The minimum Gasteiger partial charge on any atom is -0.283 e. The molecule has 184 valence electrons. The van der Waals surface area contributed by atoms with E-state index in [1.54, 1.807) is 42.5 Å². The van der Waals surface area contributed by atoms with Gasteiger partial charge in [-0.25, -0.2) is 13.1 Å². The lowest BCUT2D eigenvalue weighted by molar-refractivity contribution is 0.442. The summed E-state index contributed by atoms with van der Waals surface area (Å²) in [6, 6.07) is 23.5. The van der Waals surface area contributed by atoms with Crippen LogP contribution in [0.2, 0.25) is 5.02 Å². The van der Waals surface area contributed by atoms with Crippen LogP contribution in [0.3, 0.4) is 0 Å². The summed E-state index contributed by atoms with van der Waals surface area (Å²) < 4.78 is 27.8. The van der Waals surface area contributed by atoms with Crippen LogP contribution in [-0.4, -0.2) is 24.5 Å². The van der Waals surface area contributed by atoms with E-state index >= 15 is 0 Å². The van der Waals surface area contributed by atoms with Gasteiger partial charge in [-0.3, -0.25) is 4.99 Å². The van der Waals surface area contributed by atoms with Gasteiger partial charge in [0.2, 0.25) is 10.0 Å². The molecule has 8 heteroatoms. The molecule has 3 aromatic carbocycles. The first kappa shape index (κ1) is 26.2. The van der Waals surface area contributed by atoms with Gasteiger partial charge >= 0.3 is 0 Å². The molecule has 1 fully saturated rings. The molecule has 4 nitrogen and oxygen atoms in total. The lowest BCUT2D eigenvalue weighted by Gasteiger charge is -2.33. The van der Waals surface area contributed by atoms with Crippen LogP contribution < -0.4 is 4.72 Å². The Kier molecular flexibility index (Phi) is 8.56. The molecule has 1 atom stereocenters. The molecular formula is C27H27Cl3N2O2S. The Morgan fingerprint density at radius 1 is 0.857 bits per heavy atom. The zero-order chi connectivity index (χ0) is 24.9. The third-order valence-electron chi connectivity index (χ3n) is 6.14. The van der Waals surface area contributed by atoms with Crippen molar-refractivity contribution < 1.29 is 8.42 Å². The van der Waals surface area contributed by atoms with Gasteiger partial charge in [-0.2, -0.15) is 0 Å². The van der Waals surface area contributed by atoms with E-state index in [2.05, 4.69) is 4.72 Å². The summed E-state index contributed by atoms with van der Waals surface area (Å²) in [6.45, 7) is 0. The van der Waals surface area contributed by atoms with E-state index in [0.717, 1.165) is 31.2 Å². The number of alkyl halides is 2. The molecule has 1 saturated carbocycles. The third kappa shape index (κ3) is 6.46. The summed E-state index contributed by atoms with van der Waals surface area (Å²) in [5.74, 6) is 0. The first-order valence-electron chi connectivity index (χ1n) is 11.6. The summed E-state index contributed by atoms with van der Waals surface area (Å²) in [4.78, 5) is 5.16. The van der Waals surface area contributed by atoms with Crippen molar-refractivity contribution in [2.45, 2.75) is 53.4 Å². The van der Waals surface area contributed by atoms with Crippen molar-refractivity contribution in [2.75, 3.05) is 0 Å². The van der Waals surface area contributed by atoms with Gasteiger partial charge in [0.05, 0.1) is 22.7 Å². The van der Waals surface area contributed by atoms with Crippen molar-refractivity contribution in [3.8, 4) is 0 Å². The fraction of sp³-hybridized carbons (Fsp3) is 0.296. The predicted octanol–water partition coefficient (Wildman–Crippen LogP) is 7.36. The zero-order valence-corrected chi connectivity index (χ0v) is 22.2. The molecule has 0 heterocycles. The smallest absolute Gasteiger partial charge is 0.241 e. The van der Waals surface area contributed by atoms with Crippen LogP contribution in [0.25, 0.3) is 0 Å². The summed E-state index contributed by atoms with van der Waals surface area (Å²) in [7, 11) is -3.96. The van der Waals surface area contributed by atoms with Crippen molar-refractivity contribution in [3.63, 3.8) is 0 Å². The van der Waals surface area contributed by atoms with Gasteiger partial charge in [0, 0.05) is 5.02 Å². The molecule has 0 radical (unpaired) electrons. The van der Waals surface area contributed by atoms with Crippen LogP contribution in [0.4, 0.5) is 0 Å². The standard InChI is InChI=1S/C27H27Cl3N2O2S/c28-22-18-16-21(17-19-22)26(32-35(33,34)24-14-8-3-9-15-24)27(29,30)25(20-10-4-1-5-11-20)31-23-12-6-2-7-13-23/h1,3-5,8-11,14-19,23,26,32H,2,6-7,12-13H2. The number of benzene rings is 3. The summed E-state index contributed by atoms with van der Waals surface area (Å²) in [5.41, 5.74) is 1.77. The number of sulfonamides is 1. The normalized spacial score (nSPS) is 16.7. The summed E-state index contributed by atoms with van der Waals surface area (Å²) in [6.07, 6.45) is 5.26. The molecule has 1 aliphatic rings. The number of rotatable bonds is 8. The largest absolute Gasteiger partial charge is 0.283 e. The molecule has 0 spiro atoms. The Bertz CT molecular complexity index is 1240. The lowest BCUT2D eigenvalue weighted by atomic mass is 9.93. The first-order valence-corrected chi connectivity index (χ1v) is 14.2. The van der Waals surface area contributed by atoms with E-state index < -0.39 is 20.4 Å². The maximum atomic E-state index is 13.4. The third-order valence-corrected chi connectivity index (χ3v) is 8.63. The monoisotopic (exact) mass is 548 g/mol. The van der Waals surface area contributed by atoms with E-state index in [0.29, 0.717) is 16.3 Å². The second-order valence-corrected chi connectivity index (χ2v) is 12.2. The highest BCUT2D eigenvalue weighted by molar-refractivity contribution is 7.89. The molecule has 35 heavy (non-hydrogen) atoms. The quantitative estimate of drug-likeness (QED) is 0.236. The number of aliphatic imine (C=N–C) groups is 1.